The molecule has 0 saturated heterocycles. The maximum Gasteiger partial charge on any atom is 0.0540 e. The Labute approximate surface area is 346 Å². The monoisotopic (exact) mass is 751 g/mol. The van der Waals surface area contributed by atoms with Crippen LogP contribution in [0.3, 0.4) is 0 Å². The van der Waals surface area contributed by atoms with Gasteiger partial charge in [0.05, 0.1) is 5.69 Å². The number of fused-ring (bicyclic) bond motifs is 1. The average molecular weight is 752 g/mol. The molecule has 0 radical (unpaired) electrons. The van der Waals surface area contributed by atoms with E-state index in [9.17, 15) is 0 Å². The van der Waals surface area contributed by atoms with E-state index in [1.807, 2.05) is 0 Å². The van der Waals surface area contributed by atoms with Gasteiger partial charge >= 0.3 is 0 Å². The summed E-state index contributed by atoms with van der Waals surface area (Å²) in [5.41, 5.74) is 17.6. The second-order valence-electron chi connectivity index (χ2n) is 14.9. The van der Waals surface area contributed by atoms with Gasteiger partial charge in [-0.05, 0) is 114 Å². The first-order valence-electron chi connectivity index (χ1n) is 20.2. The lowest BCUT2D eigenvalue weighted by Crippen LogP contribution is -2.11. The number of para-hydroxylation sites is 1. The summed E-state index contributed by atoms with van der Waals surface area (Å²) in [4.78, 5) is 2.41. The van der Waals surface area contributed by atoms with Gasteiger partial charge in [0.25, 0.3) is 0 Å². The van der Waals surface area contributed by atoms with Crippen LogP contribution in [0, 0.1) is 0 Å². The first-order valence-corrected chi connectivity index (χ1v) is 20.2. The zero-order valence-corrected chi connectivity index (χ0v) is 32.6. The number of anilines is 3. The van der Waals surface area contributed by atoms with Crippen LogP contribution in [0.4, 0.5) is 17.1 Å². The molecule has 0 spiro atoms. The van der Waals surface area contributed by atoms with E-state index in [-0.39, 0.29) is 0 Å². The number of nitrogens with zero attached hydrogens (tertiary/aromatic N) is 1. The molecule has 0 bridgehead atoms. The number of hydrogen-bond acceptors (Lipinski definition) is 1. The third-order valence-corrected chi connectivity index (χ3v) is 11.3. The quantitative estimate of drug-likeness (QED) is 0.142. The van der Waals surface area contributed by atoms with Crippen molar-refractivity contribution in [1.29, 1.82) is 0 Å². The molecule has 0 saturated carbocycles. The molecule has 0 fully saturated rings. The van der Waals surface area contributed by atoms with Crippen molar-refractivity contribution in [1.82, 2.24) is 0 Å². The summed E-state index contributed by atoms with van der Waals surface area (Å²) in [6, 6.07) is 89.8. The number of rotatable bonds is 9. The van der Waals surface area contributed by atoms with Crippen molar-refractivity contribution < 1.29 is 0 Å². The molecule has 0 heterocycles. The lowest BCUT2D eigenvalue weighted by molar-refractivity contribution is 1.28. The molecule has 10 aromatic carbocycles. The maximum atomic E-state index is 2.41. The van der Waals surface area contributed by atoms with Gasteiger partial charge in [-0.25, -0.2) is 0 Å². The summed E-state index contributed by atoms with van der Waals surface area (Å²) in [6.45, 7) is 0. The Morgan fingerprint density at radius 1 is 0.220 bits per heavy atom. The van der Waals surface area contributed by atoms with Gasteiger partial charge in [-0.3, -0.25) is 0 Å². The van der Waals surface area contributed by atoms with E-state index in [0.29, 0.717) is 0 Å². The molecule has 1 heteroatoms. The summed E-state index contributed by atoms with van der Waals surface area (Å²) in [6.07, 6.45) is 0. The lowest BCUT2D eigenvalue weighted by Gasteiger charge is -2.28. The molecule has 0 aliphatic heterocycles. The Hall–Kier alpha value is -7.74. The summed E-state index contributed by atoms with van der Waals surface area (Å²) >= 11 is 0. The van der Waals surface area contributed by atoms with Crippen LogP contribution in [0.25, 0.3) is 77.5 Å². The largest absolute Gasteiger partial charge is 0.310 e. The standard InChI is InChI=1S/C58H41N/c1-3-15-42(16-4-1)44-31-33-45(34-32-44)46-35-37-53(38-36-46)59(54-26-13-23-50(41-54)49-22-11-21-48(39-49)43-17-5-2-6-18-43)58-30-10-9-28-57(58)52-25-12-24-51(40-52)56-29-14-20-47-19-7-8-27-55(47)56/h1-41H. The van der Waals surface area contributed by atoms with Crippen LogP contribution in [0.1, 0.15) is 0 Å². The molecule has 0 atom stereocenters. The van der Waals surface area contributed by atoms with Crippen LogP contribution >= 0.6 is 0 Å². The summed E-state index contributed by atoms with van der Waals surface area (Å²) in [5, 5.41) is 2.50. The van der Waals surface area contributed by atoms with Crippen molar-refractivity contribution in [3.05, 3.63) is 249 Å². The topological polar surface area (TPSA) is 3.24 Å². The van der Waals surface area contributed by atoms with E-state index in [0.717, 1.165) is 33.8 Å². The van der Waals surface area contributed by atoms with Gasteiger partial charge in [-0.2, -0.15) is 0 Å². The van der Waals surface area contributed by atoms with Gasteiger partial charge in [0.15, 0.2) is 0 Å². The lowest BCUT2D eigenvalue weighted by atomic mass is 9.94. The van der Waals surface area contributed by atoms with E-state index >= 15 is 0 Å². The predicted octanol–water partition coefficient (Wildman–Crippen LogP) is 16.3. The number of benzene rings is 10. The zero-order chi connectivity index (χ0) is 39.4. The molecule has 0 N–H and O–H groups in total. The normalized spacial score (nSPS) is 11.1. The summed E-state index contributed by atoms with van der Waals surface area (Å²) < 4.78 is 0. The zero-order valence-electron chi connectivity index (χ0n) is 32.6. The Morgan fingerprint density at radius 2 is 0.627 bits per heavy atom. The highest BCUT2D eigenvalue weighted by atomic mass is 15.1. The molecular weight excluding hydrogens is 711 g/mol. The summed E-state index contributed by atoms with van der Waals surface area (Å²) in [7, 11) is 0. The van der Waals surface area contributed by atoms with Crippen molar-refractivity contribution in [2.24, 2.45) is 0 Å². The fourth-order valence-electron chi connectivity index (χ4n) is 8.29. The van der Waals surface area contributed by atoms with Crippen LogP contribution in [0.5, 0.6) is 0 Å². The Morgan fingerprint density at radius 3 is 1.32 bits per heavy atom. The van der Waals surface area contributed by atoms with Crippen LogP contribution in [0.15, 0.2) is 249 Å². The minimum Gasteiger partial charge on any atom is -0.310 e. The van der Waals surface area contributed by atoms with E-state index < -0.39 is 0 Å². The van der Waals surface area contributed by atoms with Gasteiger partial charge in [0.2, 0.25) is 0 Å². The van der Waals surface area contributed by atoms with E-state index in [1.54, 1.807) is 0 Å². The molecule has 0 aliphatic rings. The Balaban J connectivity index is 1.08. The third kappa shape index (κ3) is 7.34. The second kappa shape index (κ2) is 16.0. The fourth-order valence-corrected chi connectivity index (χ4v) is 8.29. The molecule has 0 aliphatic carbocycles. The van der Waals surface area contributed by atoms with Gasteiger partial charge < -0.3 is 4.90 Å². The molecule has 10 aromatic rings. The molecule has 0 amide bonds. The van der Waals surface area contributed by atoms with Gasteiger partial charge in [-0.1, -0.05) is 206 Å². The van der Waals surface area contributed by atoms with Crippen molar-refractivity contribution >= 4 is 27.8 Å². The number of hydrogen-bond donors (Lipinski definition) is 0. The van der Waals surface area contributed by atoms with Crippen LogP contribution in [-0.4, -0.2) is 0 Å². The van der Waals surface area contributed by atoms with Crippen molar-refractivity contribution in [2.75, 3.05) is 4.90 Å². The van der Waals surface area contributed by atoms with Gasteiger partial charge in [0, 0.05) is 16.9 Å². The minimum absolute atomic E-state index is 1.09. The van der Waals surface area contributed by atoms with Gasteiger partial charge in [0.1, 0.15) is 0 Å². The van der Waals surface area contributed by atoms with Crippen molar-refractivity contribution in [3.8, 4) is 66.8 Å². The summed E-state index contributed by atoms with van der Waals surface area (Å²) in [5.74, 6) is 0. The molecule has 0 unspecified atom stereocenters. The molecule has 59 heavy (non-hydrogen) atoms. The highest BCUT2D eigenvalue weighted by molar-refractivity contribution is 5.98. The van der Waals surface area contributed by atoms with Crippen molar-refractivity contribution in [3.63, 3.8) is 0 Å². The smallest absolute Gasteiger partial charge is 0.0540 e. The molecule has 10 rings (SSSR count). The predicted molar refractivity (Wildman–Crippen MR) is 251 cm³/mol. The average Bonchev–Trinajstić information content (AvgIpc) is 3.33. The van der Waals surface area contributed by atoms with Crippen LogP contribution in [0.2, 0.25) is 0 Å². The van der Waals surface area contributed by atoms with E-state index in [1.165, 1.54) is 60.8 Å². The molecule has 1 nitrogen and oxygen atoms in total. The van der Waals surface area contributed by atoms with Crippen molar-refractivity contribution in [2.45, 2.75) is 0 Å². The molecule has 278 valence electrons. The minimum atomic E-state index is 1.09. The second-order valence-corrected chi connectivity index (χ2v) is 14.9. The highest BCUT2D eigenvalue weighted by Crippen LogP contribution is 2.43. The SMILES string of the molecule is c1ccc(-c2ccc(-c3ccc(N(c4cccc(-c5cccc(-c6ccccc6)c5)c4)c4ccccc4-c4cccc(-c5cccc6ccccc56)c4)cc3)cc2)cc1. The van der Waals surface area contributed by atoms with E-state index in [2.05, 4.69) is 254 Å². The van der Waals surface area contributed by atoms with E-state index in [4.69, 9.17) is 0 Å². The highest BCUT2D eigenvalue weighted by Gasteiger charge is 2.19. The van der Waals surface area contributed by atoms with Crippen LogP contribution in [-0.2, 0) is 0 Å². The third-order valence-electron chi connectivity index (χ3n) is 11.3. The Bertz CT molecular complexity index is 3010. The van der Waals surface area contributed by atoms with Crippen LogP contribution < -0.4 is 4.90 Å². The first kappa shape index (κ1) is 35.7. The molecule has 0 aromatic heterocycles. The first-order chi connectivity index (χ1) is 29.2. The Kier molecular flexibility index (Phi) is 9.68. The van der Waals surface area contributed by atoms with Gasteiger partial charge in [-0.15, -0.1) is 0 Å². The molecular formula is C58H41N. The maximum absolute atomic E-state index is 2.41. The fraction of sp³-hybridized carbons (Fsp3) is 0.